The number of fused-ring (bicyclic) bond motifs is 1. The van der Waals surface area contributed by atoms with Crippen LogP contribution in [0, 0.1) is 32.8 Å². The molecule has 0 radical (unpaired) electrons. The van der Waals surface area contributed by atoms with E-state index < -0.39 is 4.92 Å². The van der Waals surface area contributed by atoms with E-state index in [1.807, 2.05) is 48.5 Å². The Morgan fingerprint density at radius 1 is 0.935 bits per heavy atom. The lowest BCUT2D eigenvalue weighted by Crippen LogP contribution is -2.04. The van der Waals surface area contributed by atoms with Crippen LogP contribution >= 0.6 is 11.8 Å². The number of aromatic nitrogens is 1. The highest BCUT2D eigenvalue weighted by molar-refractivity contribution is 7.99. The summed E-state index contributed by atoms with van der Waals surface area (Å²) in [5.74, 6) is -0.0852. The van der Waals surface area contributed by atoms with Crippen LogP contribution in [-0.4, -0.2) is 9.91 Å². The van der Waals surface area contributed by atoms with E-state index in [-0.39, 0.29) is 38.8 Å². The second kappa shape index (κ2) is 8.15. The first-order valence-corrected chi connectivity index (χ1v) is 9.89. The zero-order valence-corrected chi connectivity index (χ0v) is 16.8. The van der Waals surface area contributed by atoms with E-state index in [1.54, 1.807) is 6.07 Å². The molecule has 0 atom stereocenters. The van der Waals surface area contributed by atoms with Crippen molar-refractivity contribution in [2.24, 2.45) is 0 Å². The van der Waals surface area contributed by atoms with Crippen molar-refractivity contribution in [3.8, 4) is 23.3 Å². The Bertz CT molecular complexity index is 1440. The smallest absolute Gasteiger partial charge is 0.277 e. The maximum atomic E-state index is 11.6. The second-order valence-electron chi connectivity index (χ2n) is 6.54. The normalized spacial score (nSPS) is 10.4. The molecule has 0 saturated heterocycles. The van der Waals surface area contributed by atoms with Crippen LogP contribution in [-0.2, 0) is 0 Å². The predicted octanol–water partition coefficient (Wildman–Crippen LogP) is 5.29. The summed E-state index contributed by atoms with van der Waals surface area (Å²) in [4.78, 5) is 16.1. The number of rotatable bonds is 4. The quantitative estimate of drug-likeness (QED) is 0.349. The molecule has 0 bridgehead atoms. The third-order valence-corrected chi connectivity index (χ3v) is 5.70. The third kappa shape index (κ3) is 3.64. The van der Waals surface area contributed by atoms with Gasteiger partial charge in [-0.25, -0.2) is 4.98 Å². The van der Waals surface area contributed by atoms with Crippen molar-refractivity contribution in [1.29, 1.82) is 10.5 Å². The van der Waals surface area contributed by atoms with Gasteiger partial charge in [-0.2, -0.15) is 10.5 Å². The van der Waals surface area contributed by atoms with Crippen molar-refractivity contribution in [3.63, 3.8) is 0 Å². The molecule has 0 saturated carbocycles. The Morgan fingerprint density at radius 2 is 1.61 bits per heavy atom. The molecule has 0 unspecified atom stereocenters. The minimum Gasteiger partial charge on any atom is -0.383 e. The number of pyridine rings is 1. The fourth-order valence-corrected chi connectivity index (χ4v) is 4.27. The largest absolute Gasteiger partial charge is 0.383 e. The molecule has 0 spiro atoms. The van der Waals surface area contributed by atoms with E-state index in [0.717, 1.165) is 15.7 Å². The molecule has 3 aromatic carbocycles. The van der Waals surface area contributed by atoms with Gasteiger partial charge in [-0.3, -0.25) is 10.1 Å². The number of nitrogens with two attached hydrogens (primary N) is 1. The lowest BCUT2D eigenvalue weighted by molar-refractivity contribution is -0.384. The van der Waals surface area contributed by atoms with Crippen molar-refractivity contribution in [3.05, 3.63) is 88.0 Å². The predicted molar refractivity (Wildman–Crippen MR) is 118 cm³/mol. The van der Waals surface area contributed by atoms with E-state index in [9.17, 15) is 20.6 Å². The van der Waals surface area contributed by atoms with Gasteiger partial charge < -0.3 is 5.73 Å². The standard InChI is InChI=1S/C23H13N5O2S/c24-12-18-21(17-7-3-4-8-20(17)28(29)30)19(13-25)23(27-22(18)26)31-16-10-9-14-5-1-2-6-15(14)11-16/h1-11H,(H2,26,27). The van der Waals surface area contributed by atoms with E-state index in [1.165, 1.54) is 30.0 Å². The van der Waals surface area contributed by atoms with Crippen molar-refractivity contribution < 1.29 is 4.92 Å². The summed E-state index contributed by atoms with van der Waals surface area (Å²) in [7, 11) is 0. The van der Waals surface area contributed by atoms with E-state index >= 15 is 0 Å². The topological polar surface area (TPSA) is 130 Å². The maximum absolute atomic E-state index is 11.6. The summed E-state index contributed by atoms with van der Waals surface area (Å²) < 4.78 is 0. The fraction of sp³-hybridized carbons (Fsp3) is 0. The van der Waals surface area contributed by atoms with E-state index in [2.05, 4.69) is 11.1 Å². The molecule has 7 nitrogen and oxygen atoms in total. The van der Waals surface area contributed by atoms with Gasteiger partial charge in [-0.1, -0.05) is 54.2 Å². The Labute approximate surface area is 181 Å². The molecule has 0 fully saturated rings. The summed E-state index contributed by atoms with van der Waals surface area (Å²) in [5, 5.41) is 33.5. The van der Waals surface area contributed by atoms with Crippen molar-refractivity contribution in [1.82, 2.24) is 4.98 Å². The Balaban J connectivity index is 1.94. The minimum atomic E-state index is -0.551. The molecule has 1 heterocycles. The first-order valence-electron chi connectivity index (χ1n) is 9.07. The van der Waals surface area contributed by atoms with Gasteiger partial charge in [0, 0.05) is 16.5 Å². The van der Waals surface area contributed by atoms with Gasteiger partial charge in [0.2, 0.25) is 0 Å². The van der Waals surface area contributed by atoms with Crippen LogP contribution in [0.2, 0.25) is 0 Å². The number of nitrogens with zero attached hydrogens (tertiary/aromatic N) is 4. The first-order chi connectivity index (χ1) is 15.0. The summed E-state index contributed by atoms with van der Waals surface area (Å²) >= 11 is 1.22. The molecule has 4 aromatic rings. The second-order valence-corrected chi connectivity index (χ2v) is 7.60. The van der Waals surface area contributed by atoms with Crippen LogP contribution in [0.1, 0.15) is 11.1 Å². The average molecular weight is 423 g/mol. The molecule has 0 aliphatic carbocycles. The first kappa shape index (κ1) is 19.9. The number of nitro benzene ring substituents is 1. The number of nitrogen functional groups attached to an aromatic ring is 1. The zero-order chi connectivity index (χ0) is 22.0. The summed E-state index contributed by atoms with van der Waals surface area (Å²) in [6, 6.07) is 23.6. The highest BCUT2D eigenvalue weighted by Gasteiger charge is 2.26. The van der Waals surface area contributed by atoms with Crippen LogP contribution in [0.3, 0.4) is 0 Å². The van der Waals surface area contributed by atoms with Crippen molar-refractivity contribution >= 4 is 34.0 Å². The van der Waals surface area contributed by atoms with Crippen LogP contribution < -0.4 is 5.73 Å². The van der Waals surface area contributed by atoms with Crippen molar-refractivity contribution in [2.45, 2.75) is 9.92 Å². The Kier molecular flexibility index (Phi) is 5.23. The van der Waals surface area contributed by atoms with Gasteiger partial charge in [-0.15, -0.1) is 0 Å². The number of nitriles is 2. The third-order valence-electron chi connectivity index (χ3n) is 4.72. The monoisotopic (exact) mass is 423 g/mol. The fourth-order valence-electron chi connectivity index (χ4n) is 3.33. The lowest BCUT2D eigenvalue weighted by atomic mass is 9.95. The number of hydrogen-bond donors (Lipinski definition) is 1. The van der Waals surface area contributed by atoms with Crippen molar-refractivity contribution in [2.75, 3.05) is 5.73 Å². The molecule has 0 aliphatic rings. The van der Waals surface area contributed by atoms with E-state index in [4.69, 9.17) is 5.73 Å². The average Bonchev–Trinajstić information content (AvgIpc) is 2.78. The summed E-state index contributed by atoms with van der Waals surface area (Å²) in [5.41, 5.74) is 6.09. The number of benzene rings is 3. The zero-order valence-electron chi connectivity index (χ0n) is 15.9. The Hall–Kier alpha value is -4.40. The summed E-state index contributed by atoms with van der Waals surface area (Å²) in [6.07, 6.45) is 0. The number of nitro groups is 1. The van der Waals surface area contributed by atoms with Crippen LogP contribution in [0.25, 0.3) is 21.9 Å². The van der Waals surface area contributed by atoms with Gasteiger partial charge in [0.25, 0.3) is 5.69 Å². The Morgan fingerprint density at radius 3 is 2.32 bits per heavy atom. The molecular formula is C23H13N5O2S. The number of hydrogen-bond acceptors (Lipinski definition) is 7. The van der Waals surface area contributed by atoms with Gasteiger partial charge >= 0.3 is 0 Å². The molecule has 2 N–H and O–H groups in total. The van der Waals surface area contributed by atoms with E-state index in [0.29, 0.717) is 0 Å². The molecule has 31 heavy (non-hydrogen) atoms. The maximum Gasteiger partial charge on any atom is 0.277 e. The number of anilines is 1. The lowest BCUT2D eigenvalue weighted by Gasteiger charge is -2.13. The minimum absolute atomic E-state index is 0.0614. The van der Waals surface area contributed by atoms with Crippen LogP contribution in [0.5, 0.6) is 0 Å². The SMILES string of the molecule is N#Cc1c(N)nc(Sc2ccc3ccccc3c2)c(C#N)c1-c1ccccc1[N+](=O)[O-]. The highest BCUT2D eigenvalue weighted by Crippen LogP contribution is 2.41. The number of para-hydroxylation sites is 1. The van der Waals surface area contributed by atoms with Gasteiger partial charge in [0.05, 0.1) is 16.1 Å². The van der Waals surface area contributed by atoms with Gasteiger partial charge in [0.15, 0.2) is 0 Å². The molecule has 1 aromatic heterocycles. The molecule has 148 valence electrons. The highest BCUT2D eigenvalue weighted by atomic mass is 32.2. The van der Waals surface area contributed by atoms with Gasteiger partial charge in [0.1, 0.15) is 28.5 Å². The van der Waals surface area contributed by atoms with Crippen LogP contribution in [0.4, 0.5) is 11.5 Å². The molecule has 4 rings (SSSR count). The van der Waals surface area contributed by atoms with Gasteiger partial charge in [-0.05, 0) is 29.0 Å². The van der Waals surface area contributed by atoms with Crippen LogP contribution in [0.15, 0.2) is 76.7 Å². The molecule has 0 aliphatic heterocycles. The molecular weight excluding hydrogens is 410 g/mol. The molecule has 0 amide bonds. The summed E-state index contributed by atoms with van der Waals surface area (Å²) in [6.45, 7) is 0. The molecule has 8 heteroatoms.